The van der Waals surface area contributed by atoms with Crippen LogP contribution in [0.3, 0.4) is 0 Å². The van der Waals surface area contributed by atoms with Gasteiger partial charge >= 0.3 is 0 Å². The summed E-state index contributed by atoms with van der Waals surface area (Å²) in [6, 6.07) is 9.01. The second-order valence-corrected chi connectivity index (χ2v) is 5.42. The minimum atomic E-state index is 0.145. The van der Waals surface area contributed by atoms with E-state index in [2.05, 4.69) is 43.4 Å². The van der Waals surface area contributed by atoms with Gasteiger partial charge in [-0.3, -0.25) is 0 Å². The molecule has 3 unspecified atom stereocenters. The Morgan fingerprint density at radius 2 is 2.10 bits per heavy atom. The van der Waals surface area contributed by atoms with Gasteiger partial charge in [0.2, 0.25) is 0 Å². The van der Waals surface area contributed by atoms with E-state index in [4.69, 9.17) is 9.47 Å². The number of aryl methyl sites for hydroxylation is 1. The summed E-state index contributed by atoms with van der Waals surface area (Å²) in [5, 5.41) is 3.59. The normalized spacial score (nSPS) is 23.4. The van der Waals surface area contributed by atoms with E-state index < -0.39 is 0 Å². The van der Waals surface area contributed by atoms with Crippen LogP contribution >= 0.6 is 0 Å². The van der Waals surface area contributed by atoms with Gasteiger partial charge in [-0.25, -0.2) is 0 Å². The lowest BCUT2D eigenvalue weighted by Gasteiger charge is -2.35. The summed E-state index contributed by atoms with van der Waals surface area (Å²) in [5.41, 5.74) is 2.85. The summed E-state index contributed by atoms with van der Waals surface area (Å²) in [6.45, 7) is 8.64. The van der Waals surface area contributed by atoms with Crippen molar-refractivity contribution in [3.63, 3.8) is 0 Å². The summed E-state index contributed by atoms with van der Waals surface area (Å²) >= 11 is 0. The fourth-order valence-electron chi connectivity index (χ4n) is 2.96. The van der Waals surface area contributed by atoms with Crippen molar-refractivity contribution in [3.05, 3.63) is 35.4 Å². The van der Waals surface area contributed by atoms with Crippen LogP contribution in [-0.2, 0) is 15.9 Å². The third-order valence-electron chi connectivity index (χ3n) is 3.85. The standard InChI is InChI=1S/C17H27NO2/c1-4-18-17-15-9-7-6-8-14(15)10-11-16(17)20-13(3)12-19-5-2/h6-9,13,16-18H,4-5,10-12H2,1-3H3. The predicted octanol–water partition coefficient (Wildman–Crippen LogP) is 3.09. The van der Waals surface area contributed by atoms with Gasteiger partial charge in [0.15, 0.2) is 0 Å². The summed E-state index contributed by atoms with van der Waals surface area (Å²) in [5.74, 6) is 0. The largest absolute Gasteiger partial charge is 0.379 e. The van der Waals surface area contributed by atoms with Crippen LogP contribution in [0.4, 0.5) is 0 Å². The van der Waals surface area contributed by atoms with Gasteiger partial charge in [0.25, 0.3) is 0 Å². The zero-order valence-electron chi connectivity index (χ0n) is 12.9. The third-order valence-corrected chi connectivity index (χ3v) is 3.85. The van der Waals surface area contributed by atoms with E-state index in [-0.39, 0.29) is 12.2 Å². The molecule has 20 heavy (non-hydrogen) atoms. The van der Waals surface area contributed by atoms with Crippen LogP contribution in [0.2, 0.25) is 0 Å². The van der Waals surface area contributed by atoms with E-state index in [9.17, 15) is 0 Å². The molecule has 0 fully saturated rings. The maximum atomic E-state index is 6.23. The lowest BCUT2D eigenvalue weighted by molar-refractivity contribution is -0.0654. The number of likely N-dealkylation sites (N-methyl/N-ethyl adjacent to an activating group) is 1. The first kappa shape index (κ1) is 15.5. The van der Waals surface area contributed by atoms with E-state index in [0.717, 1.165) is 26.0 Å². The first-order valence-corrected chi connectivity index (χ1v) is 7.80. The van der Waals surface area contributed by atoms with Crippen molar-refractivity contribution in [3.8, 4) is 0 Å². The summed E-state index contributed by atoms with van der Waals surface area (Å²) in [4.78, 5) is 0. The number of nitrogens with one attached hydrogen (secondary N) is 1. The number of benzene rings is 1. The minimum Gasteiger partial charge on any atom is -0.379 e. The molecule has 0 heterocycles. The molecule has 1 aromatic carbocycles. The SMILES string of the molecule is CCNC1c2ccccc2CCC1OC(C)COCC. The fraction of sp³-hybridized carbons (Fsp3) is 0.647. The molecule has 112 valence electrons. The molecule has 3 heteroatoms. The van der Waals surface area contributed by atoms with Crippen molar-refractivity contribution in [2.24, 2.45) is 0 Å². The van der Waals surface area contributed by atoms with Gasteiger partial charge < -0.3 is 14.8 Å². The van der Waals surface area contributed by atoms with Gasteiger partial charge in [-0.1, -0.05) is 31.2 Å². The molecule has 0 bridgehead atoms. The highest BCUT2D eigenvalue weighted by Crippen LogP contribution is 2.32. The Balaban J connectivity index is 2.06. The Bertz CT molecular complexity index is 408. The first-order chi connectivity index (χ1) is 9.76. The maximum Gasteiger partial charge on any atom is 0.0785 e. The molecule has 0 saturated carbocycles. The van der Waals surface area contributed by atoms with Crippen molar-refractivity contribution < 1.29 is 9.47 Å². The quantitative estimate of drug-likeness (QED) is 0.831. The zero-order chi connectivity index (χ0) is 14.4. The highest BCUT2D eigenvalue weighted by molar-refractivity contribution is 5.33. The number of ether oxygens (including phenoxy) is 2. The molecule has 0 aliphatic heterocycles. The molecule has 0 saturated heterocycles. The molecular weight excluding hydrogens is 250 g/mol. The van der Waals surface area contributed by atoms with Crippen LogP contribution in [0.5, 0.6) is 0 Å². The van der Waals surface area contributed by atoms with Crippen LogP contribution < -0.4 is 5.32 Å². The van der Waals surface area contributed by atoms with Crippen LogP contribution in [0.15, 0.2) is 24.3 Å². The topological polar surface area (TPSA) is 30.5 Å². The summed E-state index contributed by atoms with van der Waals surface area (Å²) in [7, 11) is 0. The number of hydrogen-bond donors (Lipinski definition) is 1. The van der Waals surface area contributed by atoms with Crippen molar-refractivity contribution in [1.29, 1.82) is 0 Å². The molecular formula is C17H27NO2. The number of hydrogen-bond acceptors (Lipinski definition) is 3. The molecule has 1 aliphatic carbocycles. The van der Waals surface area contributed by atoms with Crippen molar-refractivity contribution >= 4 is 0 Å². The van der Waals surface area contributed by atoms with Crippen molar-refractivity contribution in [1.82, 2.24) is 5.32 Å². The molecule has 1 aliphatic rings. The van der Waals surface area contributed by atoms with Gasteiger partial charge in [0.1, 0.15) is 0 Å². The molecule has 0 amide bonds. The summed E-state index contributed by atoms with van der Waals surface area (Å²) < 4.78 is 11.7. The van der Waals surface area contributed by atoms with Gasteiger partial charge in [-0.15, -0.1) is 0 Å². The van der Waals surface area contributed by atoms with Gasteiger partial charge in [-0.05, 0) is 44.4 Å². The second kappa shape index (κ2) is 7.77. The average molecular weight is 277 g/mol. The number of fused-ring (bicyclic) bond motifs is 1. The Hall–Kier alpha value is -0.900. The van der Waals surface area contributed by atoms with E-state index in [0.29, 0.717) is 12.6 Å². The van der Waals surface area contributed by atoms with Crippen LogP contribution in [0.1, 0.15) is 44.4 Å². The number of rotatable bonds is 7. The zero-order valence-corrected chi connectivity index (χ0v) is 12.9. The summed E-state index contributed by atoms with van der Waals surface area (Å²) in [6.07, 6.45) is 2.56. The lowest BCUT2D eigenvalue weighted by atomic mass is 9.85. The Morgan fingerprint density at radius 1 is 1.30 bits per heavy atom. The average Bonchev–Trinajstić information content (AvgIpc) is 2.47. The van der Waals surface area contributed by atoms with E-state index in [1.54, 1.807) is 0 Å². The Labute approximate surface area is 122 Å². The molecule has 1 N–H and O–H groups in total. The molecule has 1 aromatic rings. The van der Waals surface area contributed by atoms with E-state index >= 15 is 0 Å². The molecule has 2 rings (SSSR count). The second-order valence-electron chi connectivity index (χ2n) is 5.42. The highest BCUT2D eigenvalue weighted by atomic mass is 16.5. The van der Waals surface area contributed by atoms with Gasteiger partial charge in [0.05, 0.1) is 24.9 Å². The monoisotopic (exact) mass is 277 g/mol. The fourth-order valence-corrected chi connectivity index (χ4v) is 2.96. The smallest absolute Gasteiger partial charge is 0.0785 e. The Morgan fingerprint density at radius 3 is 2.85 bits per heavy atom. The Kier molecular flexibility index (Phi) is 6.02. The van der Waals surface area contributed by atoms with Crippen LogP contribution in [0, 0.1) is 0 Å². The van der Waals surface area contributed by atoms with Crippen LogP contribution in [0.25, 0.3) is 0 Å². The molecule has 0 aromatic heterocycles. The van der Waals surface area contributed by atoms with Crippen molar-refractivity contribution in [2.75, 3.05) is 19.8 Å². The minimum absolute atomic E-state index is 0.145. The van der Waals surface area contributed by atoms with E-state index in [1.807, 2.05) is 6.92 Å². The van der Waals surface area contributed by atoms with E-state index in [1.165, 1.54) is 11.1 Å². The highest BCUT2D eigenvalue weighted by Gasteiger charge is 2.30. The molecule has 3 nitrogen and oxygen atoms in total. The lowest BCUT2D eigenvalue weighted by Crippen LogP contribution is -2.40. The molecule has 0 spiro atoms. The third kappa shape index (κ3) is 3.81. The predicted molar refractivity (Wildman–Crippen MR) is 82.0 cm³/mol. The first-order valence-electron chi connectivity index (χ1n) is 7.80. The van der Waals surface area contributed by atoms with Crippen molar-refractivity contribution in [2.45, 2.75) is 51.9 Å². The maximum absolute atomic E-state index is 6.23. The van der Waals surface area contributed by atoms with Crippen LogP contribution in [-0.4, -0.2) is 32.0 Å². The molecule has 3 atom stereocenters. The van der Waals surface area contributed by atoms with Gasteiger partial charge in [0, 0.05) is 6.61 Å². The van der Waals surface area contributed by atoms with Gasteiger partial charge in [-0.2, -0.15) is 0 Å². The molecule has 0 radical (unpaired) electrons.